The first-order chi connectivity index (χ1) is 34.0. The van der Waals surface area contributed by atoms with E-state index in [-0.39, 0.29) is 44.0 Å². The molecule has 0 spiro atoms. The molecule has 0 heterocycles. The average Bonchev–Trinajstić information content (AvgIpc) is 3.35. The summed E-state index contributed by atoms with van der Waals surface area (Å²) in [5.74, 6) is -1.05. The molecule has 69 heavy (non-hydrogen) atoms. The number of ether oxygens (including phenoxy) is 3. The zero-order valence-electron chi connectivity index (χ0n) is 44.5. The fraction of sp³-hybridized carbons (Fsp3) is 0.635. The average molecular weight is 956 g/mol. The van der Waals surface area contributed by atoms with Gasteiger partial charge in [-0.15, -0.1) is 0 Å². The summed E-state index contributed by atoms with van der Waals surface area (Å²) in [5, 5.41) is 0. The number of hydrogen-bond acceptors (Lipinski definition) is 6. The lowest BCUT2D eigenvalue weighted by molar-refractivity contribution is -0.167. The first-order valence-corrected chi connectivity index (χ1v) is 28.0. The predicted molar refractivity (Wildman–Crippen MR) is 297 cm³/mol. The van der Waals surface area contributed by atoms with E-state index in [1.54, 1.807) is 0 Å². The van der Waals surface area contributed by atoms with E-state index in [9.17, 15) is 14.4 Å². The zero-order valence-corrected chi connectivity index (χ0v) is 44.5. The van der Waals surface area contributed by atoms with Crippen LogP contribution in [-0.4, -0.2) is 37.2 Å². The number of unbranched alkanes of at least 4 members (excludes halogenated alkanes) is 18. The second-order valence-corrected chi connectivity index (χ2v) is 18.1. The first kappa shape index (κ1) is 64.8. The molecule has 0 aromatic heterocycles. The predicted octanol–water partition coefficient (Wildman–Crippen LogP) is 18.9. The minimum Gasteiger partial charge on any atom is -0.462 e. The van der Waals surface area contributed by atoms with Gasteiger partial charge in [0.2, 0.25) is 0 Å². The SMILES string of the molecule is CCCCC/C=C\C/C=C\C/C=C\C/C=C\CCCCCC(=O)OC[C@H](COC(=O)CCC/C=C\C/C=C\C/C=C\CCCCCCCC)OC(=O)CCCC/C=C\C/C=C\C/C=C\CCCCC. The maximum absolute atomic E-state index is 12.8. The van der Waals surface area contributed by atoms with Gasteiger partial charge in [-0.2, -0.15) is 0 Å². The summed E-state index contributed by atoms with van der Waals surface area (Å²) in [6.07, 6.45) is 77.6. The molecule has 1 atom stereocenters. The van der Waals surface area contributed by atoms with Crippen LogP contribution in [0.15, 0.2) is 122 Å². The van der Waals surface area contributed by atoms with E-state index in [4.69, 9.17) is 14.2 Å². The largest absolute Gasteiger partial charge is 0.462 e. The van der Waals surface area contributed by atoms with Crippen molar-refractivity contribution in [3.8, 4) is 0 Å². The van der Waals surface area contributed by atoms with E-state index >= 15 is 0 Å². The van der Waals surface area contributed by atoms with Crippen molar-refractivity contribution in [3.05, 3.63) is 122 Å². The highest BCUT2D eigenvalue weighted by Gasteiger charge is 2.19. The maximum Gasteiger partial charge on any atom is 0.306 e. The van der Waals surface area contributed by atoms with Crippen LogP contribution in [0.1, 0.15) is 239 Å². The molecule has 0 aliphatic heterocycles. The molecule has 0 rings (SSSR count). The normalized spacial score (nSPS) is 13.0. The Kier molecular flexibility index (Phi) is 53.0. The fourth-order valence-electron chi connectivity index (χ4n) is 7.15. The fourth-order valence-corrected chi connectivity index (χ4v) is 7.15. The van der Waals surface area contributed by atoms with Crippen molar-refractivity contribution < 1.29 is 28.6 Å². The molecule has 6 nitrogen and oxygen atoms in total. The molecule has 6 heteroatoms. The summed E-state index contributed by atoms with van der Waals surface area (Å²) in [6, 6.07) is 0. The van der Waals surface area contributed by atoms with Crippen LogP contribution >= 0.6 is 0 Å². The van der Waals surface area contributed by atoms with Crippen LogP contribution in [0.4, 0.5) is 0 Å². The summed E-state index contributed by atoms with van der Waals surface area (Å²) in [7, 11) is 0. The molecule has 0 fully saturated rings. The van der Waals surface area contributed by atoms with Gasteiger partial charge >= 0.3 is 17.9 Å². The Balaban J connectivity index is 4.59. The topological polar surface area (TPSA) is 78.9 Å². The van der Waals surface area contributed by atoms with Crippen LogP contribution < -0.4 is 0 Å². The van der Waals surface area contributed by atoms with E-state index in [2.05, 4.69) is 142 Å². The van der Waals surface area contributed by atoms with E-state index in [0.29, 0.717) is 19.3 Å². The van der Waals surface area contributed by atoms with Crippen LogP contribution in [0, 0.1) is 0 Å². The van der Waals surface area contributed by atoms with Gasteiger partial charge in [-0.3, -0.25) is 14.4 Å². The van der Waals surface area contributed by atoms with Crippen LogP contribution in [0.2, 0.25) is 0 Å². The smallest absolute Gasteiger partial charge is 0.306 e. The van der Waals surface area contributed by atoms with Crippen molar-refractivity contribution >= 4 is 17.9 Å². The molecule has 0 aromatic carbocycles. The number of hydrogen-bond donors (Lipinski definition) is 0. The molecule has 0 N–H and O–H groups in total. The number of esters is 3. The maximum atomic E-state index is 12.8. The molecule has 0 aliphatic carbocycles. The minimum absolute atomic E-state index is 0.129. The third-order valence-corrected chi connectivity index (χ3v) is 11.4. The van der Waals surface area contributed by atoms with Crippen LogP contribution in [0.3, 0.4) is 0 Å². The van der Waals surface area contributed by atoms with E-state index in [1.807, 2.05) is 0 Å². The first-order valence-electron chi connectivity index (χ1n) is 28.0. The van der Waals surface area contributed by atoms with Crippen molar-refractivity contribution in [2.75, 3.05) is 13.2 Å². The van der Waals surface area contributed by atoms with E-state index < -0.39 is 6.10 Å². The lowest BCUT2D eigenvalue weighted by Crippen LogP contribution is -2.30. The summed E-state index contributed by atoms with van der Waals surface area (Å²) >= 11 is 0. The third kappa shape index (κ3) is 54.6. The van der Waals surface area contributed by atoms with Crippen molar-refractivity contribution in [1.82, 2.24) is 0 Å². The standard InChI is InChI=1S/C63H102O6/c1-4-7-10-13-16-19-22-25-28-30-31-33-36-38-41-44-47-50-53-56-62(65)68-59-60(69-63(66)57-54-51-48-45-42-39-34-27-24-21-18-15-12-9-6-3)58-67-61(64)55-52-49-46-43-40-37-35-32-29-26-23-20-17-14-11-8-5-2/h16,18-19,21,25-29,31,33-35,37-38,41-43,45-46,60H,4-15,17,20,22-24,30,32,36,39-40,44,47-59H2,1-3H3/b19-16-,21-18-,28-25-,29-26-,33-31-,34-27-,37-35-,41-38-,45-42-,46-43-/t60-/m0/s1. The molecule has 0 aromatic rings. The lowest BCUT2D eigenvalue weighted by Gasteiger charge is -2.18. The second-order valence-electron chi connectivity index (χ2n) is 18.1. The molecule has 0 radical (unpaired) electrons. The Bertz CT molecular complexity index is 1470. The molecule has 0 saturated heterocycles. The van der Waals surface area contributed by atoms with Gasteiger partial charge in [0.1, 0.15) is 13.2 Å². The highest BCUT2D eigenvalue weighted by atomic mass is 16.6. The lowest BCUT2D eigenvalue weighted by atomic mass is 10.1. The van der Waals surface area contributed by atoms with E-state index in [0.717, 1.165) is 89.9 Å². The van der Waals surface area contributed by atoms with Crippen molar-refractivity contribution in [3.63, 3.8) is 0 Å². The molecule has 0 unspecified atom stereocenters. The molecular formula is C63H102O6. The second kappa shape index (κ2) is 56.4. The molecule has 0 saturated carbocycles. The summed E-state index contributed by atoms with van der Waals surface area (Å²) in [5.41, 5.74) is 0. The molecular weight excluding hydrogens is 853 g/mol. The summed E-state index contributed by atoms with van der Waals surface area (Å²) in [4.78, 5) is 38.1. The monoisotopic (exact) mass is 955 g/mol. The number of allylic oxidation sites excluding steroid dienone is 20. The Hall–Kier alpha value is -4.19. The van der Waals surface area contributed by atoms with Crippen molar-refractivity contribution in [2.24, 2.45) is 0 Å². The van der Waals surface area contributed by atoms with Crippen molar-refractivity contribution in [2.45, 2.75) is 245 Å². The number of carbonyl (C=O) groups is 3. The minimum atomic E-state index is -0.835. The summed E-state index contributed by atoms with van der Waals surface area (Å²) in [6.45, 7) is 6.46. The highest BCUT2D eigenvalue weighted by molar-refractivity contribution is 5.71. The number of carbonyl (C=O) groups excluding carboxylic acids is 3. The molecule has 0 aliphatic rings. The van der Waals surface area contributed by atoms with Crippen LogP contribution in [-0.2, 0) is 28.6 Å². The van der Waals surface area contributed by atoms with Gasteiger partial charge in [-0.1, -0.05) is 206 Å². The highest BCUT2D eigenvalue weighted by Crippen LogP contribution is 2.11. The molecule has 0 amide bonds. The van der Waals surface area contributed by atoms with Gasteiger partial charge in [0.25, 0.3) is 0 Å². The van der Waals surface area contributed by atoms with Gasteiger partial charge in [0, 0.05) is 19.3 Å². The van der Waals surface area contributed by atoms with Crippen molar-refractivity contribution in [1.29, 1.82) is 0 Å². The Morgan fingerprint density at radius 2 is 0.536 bits per heavy atom. The van der Waals surface area contributed by atoms with Crippen LogP contribution in [0.5, 0.6) is 0 Å². The van der Waals surface area contributed by atoms with Gasteiger partial charge < -0.3 is 14.2 Å². The van der Waals surface area contributed by atoms with Gasteiger partial charge in [0.05, 0.1) is 0 Å². The summed E-state index contributed by atoms with van der Waals surface area (Å²) < 4.78 is 16.7. The Labute approximate surface area is 424 Å². The van der Waals surface area contributed by atoms with Gasteiger partial charge in [-0.25, -0.2) is 0 Å². The number of rotatable bonds is 49. The van der Waals surface area contributed by atoms with Gasteiger partial charge in [0.15, 0.2) is 6.10 Å². The molecule has 0 bridgehead atoms. The van der Waals surface area contributed by atoms with Crippen LogP contribution in [0.25, 0.3) is 0 Å². The third-order valence-electron chi connectivity index (χ3n) is 11.4. The Morgan fingerprint density at radius 1 is 0.290 bits per heavy atom. The quantitative estimate of drug-likeness (QED) is 0.0262. The zero-order chi connectivity index (χ0) is 50.0. The Morgan fingerprint density at radius 3 is 0.928 bits per heavy atom. The molecule has 390 valence electrons. The van der Waals surface area contributed by atoms with E-state index in [1.165, 1.54) is 96.3 Å². The van der Waals surface area contributed by atoms with Gasteiger partial charge in [-0.05, 0) is 135 Å².